The lowest BCUT2D eigenvalue weighted by atomic mass is 10.1. The summed E-state index contributed by atoms with van der Waals surface area (Å²) in [5, 5.41) is -0.361. The van der Waals surface area contributed by atoms with Crippen LogP contribution < -0.4 is 4.74 Å². The molecular weight excluding hydrogens is 346 g/mol. The van der Waals surface area contributed by atoms with Gasteiger partial charge < -0.3 is 9.15 Å². The molecule has 1 unspecified atom stereocenters. The van der Waals surface area contributed by atoms with Crippen LogP contribution in [0, 0.1) is 5.82 Å². The van der Waals surface area contributed by atoms with Crippen molar-refractivity contribution in [1.29, 1.82) is 0 Å². The number of methoxy groups -OCH3 is 1. The van der Waals surface area contributed by atoms with Crippen LogP contribution in [0.25, 0.3) is 0 Å². The van der Waals surface area contributed by atoms with Gasteiger partial charge in [-0.25, -0.2) is 4.39 Å². The standard InChI is InChI=1S/C12H8BrCl2FO2/c1-17-10-5-8(16)7(13)4-6(10)12(15)9-2-3-11(14)18-9/h2-5,12H,1H3. The summed E-state index contributed by atoms with van der Waals surface area (Å²) in [6.45, 7) is 0. The molecule has 2 rings (SSSR count). The highest BCUT2D eigenvalue weighted by Gasteiger charge is 2.21. The van der Waals surface area contributed by atoms with Crippen molar-refractivity contribution in [3.63, 3.8) is 0 Å². The Labute approximate surface area is 122 Å². The molecule has 1 aromatic carbocycles. The highest BCUT2D eigenvalue weighted by Crippen LogP contribution is 2.38. The van der Waals surface area contributed by atoms with Gasteiger partial charge in [0, 0.05) is 11.6 Å². The summed E-state index contributed by atoms with van der Waals surface area (Å²) in [5.74, 6) is 0.402. The van der Waals surface area contributed by atoms with Crippen LogP contribution in [0.3, 0.4) is 0 Å². The Morgan fingerprint density at radius 1 is 1.39 bits per heavy atom. The molecule has 18 heavy (non-hydrogen) atoms. The van der Waals surface area contributed by atoms with Gasteiger partial charge >= 0.3 is 0 Å². The third-order valence-corrected chi connectivity index (χ3v) is 3.65. The predicted molar refractivity (Wildman–Crippen MR) is 72.1 cm³/mol. The third-order valence-electron chi connectivity index (χ3n) is 2.39. The van der Waals surface area contributed by atoms with Gasteiger partial charge in [-0.15, -0.1) is 11.6 Å². The van der Waals surface area contributed by atoms with E-state index < -0.39 is 11.2 Å². The Bertz CT molecular complexity index is 571. The molecule has 6 heteroatoms. The molecule has 0 fully saturated rings. The maximum Gasteiger partial charge on any atom is 0.193 e. The van der Waals surface area contributed by atoms with Crippen molar-refractivity contribution in [1.82, 2.24) is 0 Å². The van der Waals surface area contributed by atoms with E-state index in [0.29, 0.717) is 21.5 Å². The van der Waals surface area contributed by atoms with Gasteiger partial charge in [0.25, 0.3) is 0 Å². The molecule has 0 bridgehead atoms. The highest BCUT2D eigenvalue weighted by molar-refractivity contribution is 9.10. The van der Waals surface area contributed by atoms with Crippen molar-refractivity contribution < 1.29 is 13.5 Å². The predicted octanol–water partition coefficient (Wildman–Crippen LogP) is 5.17. The van der Waals surface area contributed by atoms with E-state index in [1.165, 1.54) is 13.2 Å². The largest absolute Gasteiger partial charge is 0.496 e. The van der Waals surface area contributed by atoms with E-state index in [-0.39, 0.29) is 5.22 Å². The molecule has 0 amide bonds. The Morgan fingerprint density at radius 2 is 2.11 bits per heavy atom. The molecule has 2 aromatic rings. The fourth-order valence-electron chi connectivity index (χ4n) is 1.54. The molecule has 0 aliphatic carbocycles. The molecule has 0 aliphatic rings. The maximum atomic E-state index is 13.4. The first-order chi connectivity index (χ1) is 8.52. The first-order valence-corrected chi connectivity index (χ1v) is 6.56. The monoisotopic (exact) mass is 352 g/mol. The minimum Gasteiger partial charge on any atom is -0.496 e. The fraction of sp³-hybridized carbons (Fsp3) is 0.167. The van der Waals surface area contributed by atoms with Crippen LogP contribution in [0.2, 0.25) is 5.22 Å². The van der Waals surface area contributed by atoms with E-state index in [2.05, 4.69) is 15.9 Å². The minimum absolute atomic E-state index is 0.246. The quantitative estimate of drug-likeness (QED) is 0.710. The molecule has 1 aromatic heterocycles. The molecule has 0 aliphatic heterocycles. The molecule has 96 valence electrons. The van der Waals surface area contributed by atoms with E-state index in [9.17, 15) is 4.39 Å². The highest BCUT2D eigenvalue weighted by atomic mass is 79.9. The summed E-state index contributed by atoms with van der Waals surface area (Å²) in [5.41, 5.74) is 0.596. The average molecular weight is 354 g/mol. The van der Waals surface area contributed by atoms with Gasteiger partial charge in [0.05, 0.1) is 11.6 Å². The van der Waals surface area contributed by atoms with E-state index in [0.717, 1.165) is 0 Å². The number of hydrogen-bond acceptors (Lipinski definition) is 2. The molecule has 0 N–H and O–H groups in total. The summed E-state index contributed by atoms with van der Waals surface area (Å²) >= 11 is 15.1. The lowest BCUT2D eigenvalue weighted by Gasteiger charge is -2.13. The Hall–Kier alpha value is -0.710. The topological polar surface area (TPSA) is 22.4 Å². The van der Waals surface area contributed by atoms with Gasteiger partial charge in [0.2, 0.25) is 0 Å². The summed E-state index contributed by atoms with van der Waals surface area (Å²) < 4.78 is 24.1. The molecule has 1 atom stereocenters. The minimum atomic E-state index is -0.607. The first kappa shape index (κ1) is 13.7. The third kappa shape index (κ3) is 2.66. The molecule has 0 radical (unpaired) electrons. The maximum absolute atomic E-state index is 13.4. The first-order valence-electron chi connectivity index (χ1n) is 4.95. The Morgan fingerprint density at radius 3 is 2.67 bits per heavy atom. The van der Waals surface area contributed by atoms with Crippen molar-refractivity contribution in [3.8, 4) is 5.75 Å². The zero-order chi connectivity index (χ0) is 13.3. The fourth-order valence-corrected chi connectivity index (χ4v) is 2.34. The molecule has 0 spiro atoms. The van der Waals surface area contributed by atoms with Gasteiger partial charge in [-0.05, 0) is 45.7 Å². The number of halogens is 4. The number of ether oxygens (including phenoxy) is 1. The second-order valence-corrected chi connectivity index (χ2v) is 5.18. The summed E-state index contributed by atoms with van der Waals surface area (Å²) in [6.07, 6.45) is 0. The number of furan rings is 1. The van der Waals surface area contributed by atoms with Crippen molar-refractivity contribution in [2.75, 3.05) is 7.11 Å². The zero-order valence-electron chi connectivity index (χ0n) is 9.22. The molecule has 0 saturated heterocycles. The summed E-state index contributed by atoms with van der Waals surface area (Å²) in [7, 11) is 1.45. The van der Waals surface area contributed by atoms with Crippen molar-refractivity contribution in [2.24, 2.45) is 0 Å². The second-order valence-electron chi connectivity index (χ2n) is 3.51. The van der Waals surface area contributed by atoms with Crippen molar-refractivity contribution >= 4 is 39.1 Å². The van der Waals surface area contributed by atoms with Crippen LogP contribution in [0.4, 0.5) is 4.39 Å². The SMILES string of the molecule is COc1cc(F)c(Br)cc1C(Cl)c1ccc(Cl)o1. The molecule has 0 saturated carbocycles. The van der Waals surface area contributed by atoms with E-state index in [4.69, 9.17) is 32.4 Å². The van der Waals surface area contributed by atoms with Gasteiger partial charge in [-0.1, -0.05) is 0 Å². The average Bonchev–Trinajstić information content (AvgIpc) is 2.78. The van der Waals surface area contributed by atoms with Crippen molar-refractivity contribution in [3.05, 3.63) is 51.1 Å². The van der Waals surface area contributed by atoms with E-state index in [1.807, 2.05) is 0 Å². The Kier molecular flexibility index (Phi) is 4.20. The van der Waals surface area contributed by atoms with Gasteiger partial charge in [-0.2, -0.15) is 0 Å². The van der Waals surface area contributed by atoms with Gasteiger partial charge in [0.15, 0.2) is 5.22 Å². The smallest absolute Gasteiger partial charge is 0.193 e. The van der Waals surface area contributed by atoms with Crippen LogP contribution >= 0.6 is 39.1 Å². The van der Waals surface area contributed by atoms with Crippen LogP contribution in [-0.2, 0) is 0 Å². The van der Waals surface area contributed by atoms with Crippen LogP contribution in [0.1, 0.15) is 16.7 Å². The zero-order valence-corrected chi connectivity index (χ0v) is 12.3. The number of hydrogen-bond donors (Lipinski definition) is 0. The second kappa shape index (κ2) is 5.51. The van der Waals surface area contributed by atoms with Crippen LogP contribution in [0.5, 0.6) is 5.75 Å². The lowest BCUT2D eigenvalue weighted by Crippen LogP contribution is -1.98. The number of rotatable bonds is 3. The van der Waals surface area contributed by atoms with E-state index >= 15 is 0 Å². The lowest BCUT2D eigenvalue weighted by molar-refractivity contribution is 0.404. The van der Waals surface area contributed by atoms with E-state index in [1.54, 1.807) is 18.2 Å². The molecule has 2 nitrogen and oxygen atoms in total. The molecule has 1 heterocycles. The normalized spacial score (nSPS) is 12.5. The van der Waals surface area contributed by atoms with Gasteiger partial charge in [-0.3, -0.25) is 0 Å². The van der Waals surface area contributed by atoms with Crippen LogP contribution in [-0.4, -0.2) is 7.11 Å². The number of benzene rings is 1. The Balaban J connectivity index is 2.46. The molecular formula is C12H8BrCl2FO2. The number of alkyl halides is 1. The van der Waals surface area contributed by atoms with Gasteiger partial charge in [0.1, 0.15) is 22.7 Å². The summed E-state index contributed by atoms with van der Waals surface area (Å²) in [6, 6.07) is 6.08. The van der Waals surface area contributed by atoms with Crippen LogP contribution in [0.15, 0.2) is 33.2 Å². The van der Waals surface area contributed by atoms with Crippen molar-refractivity contribution in [2.45, 2.75) is 5.38 Å². The summed E-state index contributed by atoms with van der Waals surface area (Å²) in [4.78, 5) is 0.